The molecule has 0 atom stereocenters. The van der Waals surface area contributed by atoms with E-state index in [0.29, 0.717) is 42.9 Å². The van der Waals surface area contributed by atoms with Gasteiger partial charge in [-0.25, -0.2) is 9.97 Å². The van der Waals surface area contributed by atoms with Gasteiger partial charge in [0.15, 0.2) is 0 Å². The van der Waals surface area contributed by atoms with Gasteiger partial charge < -0.3 is 4.90 Å². The van der Waals surface area contributed by atoms with Crippen molar-refractivity contribution in [3.63, 3.8) is 0 Å². The third-order valence-electron chi connectivity index (χ3n) is 5.80. The lowest BCUT2D eigenvalue weighted by molar-refractivity contribution is 0.0648. The highest BCUT2D eigenvalue weighted by molar-refractivity contribution is 9.10. The van der Waals surface area contributed by atoms with E-state index in [1.165, 1.54) is 6.33 Å². The maximum atomic E-state index is 13.3. The van der Waals surface area contributed by atoms with Crippen LogP contribution in [0.25, 0.3) is 11.3 Å². The zero-order chi connectivity index (χ0) is 21.8. The standard InChI is InChI=1S/C24H20BrClN4O/c25-21-13-18(26)6-5-17(21)14-24(15-27)8-11-30(12-9-24)23(31)20-4-2-1-3-19(20)22-7-10-28-16-29-22/h1-7,10,13,16H,8-9,11-12,14H2. The molecule has 156 valence electrons. The minimum Gasteiger partial charge on any atom is -0.339 e. The number of halogens is 2. The number of nitrogens with zero attached hydrogens (tertiary/aromatic N) is 4. The molecule has 1 aliphatic heterocycles. The van der Waals surface area contributed by atoms with Crippen molar-refractivity contribution in [2.45, 2.75) is 19.3 Å². The van der Waals surface area contributed by atoms with E-state index in [4.69, 9.17) is 11.6 Å². The Kier molecular flexibility index (Phi) is 6.35. The van der Waals surface area contributed by atoms with Crippen LogP contribution in [0.2, 0.25) is 5.02 Å². The number of piperidine rings is 1. The van der Waals surface area contributed by atoms with E-state index in [0.717, 1.165) is 21.3 Å². The molecule has 0 N–H and O–H groups in total. The molecule has 0 saturated carbocycles. The predicted octanol–water partition coefficient (Wildman–Crippen LogP) is 5.55. The van der Waals surface area contributed by atoms with Gasteiger partial charge in [0.05, 0.1) is 17.2 Å². The lowest BCUT2D eigenvalue weighted by Crippen LogP contribution is -2.43. The number of aromatic nitrogens is 2. The highest BCUT2D eigenvalue weighted by Crippen LogP contribution is 2.37. The van der Waals surface area contributed by atoms with Crippen LogP contribution in [0.4, 0.5) is 0 Å². The zero-order valence-electron chi connectivity index (χ0n) is 16.8. The number of amides is 1. The van der Waals surface area contributed by atoms with Gasteiger partial charge in [-0.2, -0.15) is 5.26 Å². The third kappa shape index (κ3) is 4.63. The largest absolute Gasteiger partial charge is 0.339 e. The molecule has 1 saturated heterocycles. The molecule has 7 heteroatoms. The van der Waals surface area contributed by atoms with Gasteiger partial charge in [0, 0.05) is 39.9 Å². The first kappa shape index (κ1) is 21.5. The van der Waals surface area contributed by atoms with Crippen LogP contribution in [0.5, 0.6) is 0 Å². The summed E-state index contributed by atoms with van der Waals surface area (Å²) in [6.07, 6.45) is 5.02. The maximum Gasteiger partial charge on any atom is 0.254 e. The number of carbonyl (C=O) groups is 1. The van der Waals surface area contributed by atoms with Crippen LogP contribution in [-0.2, 0) is 6.42 Å². The summed E-state index contributed by atoms with van der Waals surface area (Å²) >= 11 is 9.60. The summed E-state index contributed by atoms with van der Waals surface area (Å²) in [5, 5.41) is 10.6. The summed E-state index contributed by atoms with van der Waals surface area (Å²) in [7, 11) is 0. The van der Waals surface area contributed by atoms with Crippen molar-refractivity contribution in [3.05, 3.63) is 81.7 Å². The molecule has 31 heavy (non-hydrogen) atoms. The molecule has 2 heterocycles. The second-order valence-electron chi connectivity index (χ2n) is 7.74. The van der Waals surface area contributed by atoms with Crippen molar-refractivity contribution >= 4 is 33.4 Å². The van der Waals surface area contributed by atoms with E-state index in [1.54, 1.807) is 12.3 Å². The van der Waals surface area contributed by atoms with Crippen LogP contribution >= 0.6 is 27.5 Å². The van der Waals surface area contributed by atoms with Crippen LogP contribution in [-0.4, -0.2) is 33.9 Å². The normalized spacial score (nSPS) is 15.3. The third-order valence-corrected chi connectivity index (χ3v) is 6.78. The fraction of sp³-hybridized carbons (Fsp3) is 0.250. The Bertz CT molecular complexity index is 1140. The van der Waals surface area contributed by atoms with Gasteiger partial charge in [-0.15, -0.1) is 0 Å². The zero-order valence-corrected chi connectivity index (χ0v) is 19.1. The van der Waals surface area contributed by atoms with Crippen LogP contribution in [0.15, 0.2) is 65.5 Å². The van der Waals surface area contributed by atoms with Crippen molar-refractivity contribution in [1.29, 1.82) is 5.26 Å². The Morgan fingerprint density at radius 1 is 1.19 bits per heavy atom. The van der Waals surface area contributed by atoms with Crippen molar-refractivity contribution in [2.75, 3.05) is 13.1 Å². The molecule has 1 amide bonds. The number of rotatable bonds is 4. The van der Waals surface area contributed by atoms with Crippen molar-refractivity contribution in [3.8, 4) is 17.3 Å². The second-order valence-corrected chi connectivity index (χ2v) is 9.03. The number of likely N-dealkylation sites (tertiary alicyclic amines) is 1. The van der Waals surface area contributed by atoms with Gasteiger partial charge in [-0.3, -0.25) is 4.79 Å². The molecule has 1 fully saturated rings. The van der Waals surface area contributed by atoms with Gasteiger partial charge in [-0.1, -0.05) is 51.8 Å². The molecule has 0 spiro atoms. The average Bonchev–Trinajstić information content (AvgIpc) is 2.81. The number of carbonyl (C=O) groups excluding carboxylic acids is 1. The highest BCUT2D eigenvalue weighted by atomic mass is 79.9. The van der Waals surface area contributed by atoms with E-state index in [-0.39, 0.29) is 5.91 Å². The van der Waals surface area contributed by atoms with Crippen LogP contribution in [0.1, 0.15) is 28.8 Å². The van der Waals surface area contributed by atoms with Crippen LogP contribution in [0.3, 0.4) is 0 Å². The molecule has 0 radical (unpaired) electrons. The Labute approximate surface area is 194 Å². The summed E-state index contributed by atoms with van der Waals surface area (Å²) in [5.74, 6) is -0.0339. The Balaban J connectivity index is 1.51. The minimum absolute atomic E-state index is 0.0339. The highest BCUT2D eigenvalue weighted by Gasteiger charge is 2.37. The molecular formula is C24H20BrClN4O. The monoisotopic (exact) mass is 494 g/mol. The molecule has 0 aliphatic carbocycles. The molecule has 5 nitrogen and oxygen atoms in total. The van der Waals surface area contributed by atoms with Crippen molar-refractivity contribution in [1.82, 2.24) is 14.9 Å². The smallest absolute Gasteiger partial charge is 0.254 e. The first-order valence-electron chi connectivity index (χ1n) is 10.0. The average molecular weight is 496 g/mol. The summed E-state index contributed by atoms with van der Waals surface area (Å²) in [5.41, 5.74) is 2.68. The second kappa shape index (κ2) is 9.17. The van der Waals surface area contributed by atoms with Crippen molar-refractivity contribution in [2.24, 2.45) is 5.41 Å². The summed E-state index contributed by atoms with van der Waals surface area (Å²) in [4.78, 5) is 23.4. The maximum absolute atomic E-state index is 13.3. The predicted molar refractivity (Wildman–Crippen MR) is 124 cm³/mol. The fourth-order valence-corrected chi connectivity index (χ4v) is 4.83. The van der Waals surface area contributed by atoms with E-state index >= 15 is 0 Å². The Morgan fingerprint density at radius 2 is 1.97 bits per heavy atom. The molecule has 0 unspecified atom stereocenters. The first-order chi connectivity index (χ1) is 15.0. The van der Waals surface area contributed by atoms with Crippen molar-refractivity contribution < 1.29 is 4.79 Å². The molecule has 0 bridgehead atoms. The summed E-state index contributed by atoms with van der Waals surface area (Å²) < 4.78 is 0.909. The number of benzene rings is 2. The number of hydrogen-bond acceptors (Lipinski definition) is 4. The van der Waals surface area contributed by atoms with E-state index in [9.17, 15) is 10.1 Å². The number of hydrogen-bond donors (Lipinski definition) is 0. The van der Waals surface area contributed by atoms with Gasteiger partial charge in [0.2, 0.25) is 0 Å². The number of nitriles is 1. The van der Waals surface area contributed by atoms with Gasteiger partial charge >= 0.3 is 0 Å². The molecule has 1 aromatic heterocycles. The summed E-state index contributed by atoms with van der Waals surface area (Å²) in [6, 6.07) is 17.5. The van der Waals surface area contributed by atoms with Crippen LogP contribution in [0, 0.1) is 16.7 Å². The lowest BCUT2D eigenvalue weighted by Gasteiger charge is -2.37. The molecule has 4 rings (SSSR count). The van der Waals surface area contributed by atoms with E-state index in [1.807, 2.05) is 47.4 Å². The van der Waals surface area contributed by atoms with Gasteiger partial charge in [-0.05, 0) is 49.1 Å². The quantitative estimate of drug-likeness (QED) is 0.476. The van der Waals surface area contributed by atoms with Gasteiger partial charge in [0.1, 0.15) is 6.33 Å². The Hall–Kier alpha value is -2.75. The van der Waals surface area contributed by atoms with Gasteiger partial charge in [0.25, 0.3) is 5.91 Å². The molecular weight excluding hydrogens is 476 g/mol. The van der Waals surface area contributed by atoms with E-state index < -0.39 is 5.41 Å². The topological polar surface area (TPSA) is 69.9 Å². The fourth-order valence-electron chi connectivity index (χ4n) is 4.01. The molecule has 2 aromatic carbocycles. The molecule has 3 aromatic rings. The first-order valence-corrected chi connectivity index (χ1v) is 11.2. The lowest BCUT2D eigenvalue weighted by atomic mass is 9.75. The SMILES string of the molecule is N#CC1(Cc2ccc(Cl)cc2Br)CCN(C(=O)c2ccccc2-c2ccncn2)CC1. The summed E-state index contributed by atoms with van der Waals surface area (Å²) in [6.45, 7) is 1.07. The molecule has 1 aliphatic rings. The van der Waals surface area contributed by atoms with E-state index in [2.05, 4.69) is 32.0 Å². The van der Waals surface area contributed by atoms with Crippen LogP contribution < -0.4 is 0 Å². The minimum atomic E-state index is -0.501. The Morgan fingerprint density at radius 3 is 2.65 bits per heavy atom.